The Kier molecular flexibility index (Phi) is 3.92. The minimum absolute atomic E-state index is 0.156. The first-order valence-electron chi connectivity index (χ1n) is 11.0. The molecule has 6 aromatic rings. The smallest absolute Gasteiger partial charge is 0.228 e. The Morgan fingerprint density at radius 2 is 1.79 bits per heavy atom. The van der Waals surface area contributed by atoms with Crippen LogP contribution in [0.15, 0.2) is 91.5 Å². The van der Waals surface area contributed by atoms with E-state index in [1.165, 1.54) is 0 Å². The number of anilines is 1. The first-order chi connectivity index (χ1) is 16.8. The van der Waals surface area contributed by atoms with Crippen molar-refractivity contribution in [2.45, 2.75) is 5.92 Å². The van der Waals surface area contributed by atoms with Crippen molar-refractivity contribution < 1.29 is 4.74 Å². The predicted molar refractivity (Wildman–Crippen MR) is 130 cm³/mol. The van der Waals surface area contributed by atoms with Crippen LogP contribution in [-0.2, 0) is 0 Å². The van der Waals surface area contributed by atoms with Crippen LogP contribution in [-0.4, -0.2) is 24.6 Å². The monoisotopic (exact) mass is 442 g/mol. The highest BCUT2D eigenvalue weighted by Crippen LogP contribution is 2.50. The summed E-state index contributed by atoms with van der Waals surface area (Å²) in [6.45, 7) is 0. The second-order valence-electron chi connectivity index (χ2n) is 8.32. The van der Waals surface area contributed by atoms with Crippen LogP contribution in [0.5, 0.6) is 11.6 Å². The molecule has 1 atom stereocenters. The van der Waals surface area contributed by atoms with Crippen LogP contribution in [0.4, 0.5) is 5.69 Å². The maximum absolute atomic E-state index is 6.45. The minimum Gasteiger partial charge on any atom is -0.438 e. The Balaban J connectivity index is 1.51. The fraction of sp³-hybridized carbons (Fsp3) is 0.0370. The molecular weight excluding hydrogens is 424 g/mol. The zero-order valence-electron chi connectivity index (χ0n) is 18.0. The van der Waals surface area contributed by atoms with Gasteiger partial charge in [0.15, 0.2) is 11.5 Å². The van der Waals surface area contributed by atoms with Crippen LogP contribution in [0.1, 0.15) is 22.6 Å². The zero-order chi connectivity index (χ0) is 22.6. The van der Waals surface area contributed by atoms with Crippen LogP contribution in [0, 0.1) is 0 Å². The molecule has 2 N–H and O–H groups in total. The number of nitrogen functional groups attached to an aromatic ring is 1. The van der Waals surface area contributed by atoms with Crippen molar-refractivity contribution in [1.29, 1.82) is 0 Å². The maximum Gasteiger partial charge on any atom is 0.228 e. The lowest BCUT2D eigenvalue weighted by atomic mass is 9.83. The number of nitrogens with two attached hydrogens (primary N) is 1. The van der Waals surface area contributed by atoms with Gasteiger partial charge in [0, 0.05) is 40.5 Å². The molecule has 162 valence electrons. The topological polar surface area (TPSA) is 91.2 Å². The summed E-state index contributed by atoms with van der Waals surface area (Å²) in [5, 5.41) is 6.85. The highest BCUT2D eigenvalue weighted by Gasteiger charge is 2.34. The van der Waals surface area contributed by atoms with E-state index in [0.29, 0.717) is 23.0 Å². The van der Waals surface area contributed by atoms with Crippen LogP contribution < -0.4 is 10.5 Å². The van der Waals surface area contributed by atoms with Gasteiger partial charge in [-0.15, -0.1) is 5.10 Å². The molecule has 0 amide bonds. The summed E-state index contributed by atoms with van der Waals surface area (Å²) < 4.78 is 8.16. The van der Waals surface area contributed by atoms with E-state index in [9.17, 15) is 0 Å². The maximum atomic E-state index is 6.45. The number of hydrogen-bond donors (Lipinski definition) is 1. The Morgan fingerprint density at radius 3 is 2.65 bits per heavy atom. The van der Waals surface area contributed by atoms with E-state index >= 15 is 0 Å². The summed E-state index contributed by atoms with van der Waals surface area (Å²) in [7, 11) is 0. The molecule has 0 aliphatic carbocycles. The van der Waals surface area contributed by atoms with E-state index < -0.39 is 0 Å². The van der Waals surface area contributed by atoms with Crippen LogP contribution in [0.3, 0.4) is 0 Å². The Bertz CT molecular complexity index is 1690. The molecule has 4 heterocycles. The largest absolute Gasteiger partial charge is 0.438 e. The van der Waals surface area contributed by atoms with Gasteiger partial charge < -0.3 is 10.5 Å². The summed E-state index contributed by atoms with van der Waals surface area (Å²) in [5.74, 6) is 1.79. The Labute approximate surface area is 194 Å². The van der Waals surface area contributed by atoms with Crippen molar-refractivity contribution in [2.24, 2.45) is 0 Å². The molecule has 7 nitrogen and oxygen atoms in total. The molecule has 0 bridgehead atoms. The summed E-state index contributed by atoms with van der Waals surface area (Å²) >= 11 is 0. The lowest BCUT2D eigenvalue weighted by Gasteiger charge is -2.28. The molecule has 0 radical (unpaired) electrons. The van der Waals surface area contributed by atoms with Crippen LogP contribution in [0.2, 0.25) is 0 Å². The highest BCUT2D eigenvalue weighted by atomic mass is 16.5. The average Bonchev–Trinajstić information content (AvgIpc) is 3.33. The van der Waals surface area contributed by atoms with E-state index in [0.717, 1.165) is 38.8 Å². The molecule has 0 saturated carbocycles. The summed E-state index contributed by atoms with van der Waals surface area (Å²) in [4.78, 5) is 13.9. The van der Waals surface area contributed by atoms with E-state index in [1.807, 2.05) is 48.7 Å². The van der Waals surface area contributed by atoms with Gasteiger partial charge in [-0.1, -0.05) is 42.5 Å². The molecule has 0 spiro atoms. The van der Waals surface area contributed by atoms with Gasteiger partial charge in [-0.25, -0.2) is 14.5 Å². The molecule has 1 aliphatic rings. The van der Waals surface area contributed by atoms with Crippen molar-refractivity contribution in [3.05, 3.63) is 108 Å². The van der Waals surface area contributed by atoms with Gasteiger partial charge in [-0.2, -0.15) is 0 Å². The molecule has 34 heavy (non-hydrogen) atoms. The van der Waals surface area contributed by atoms with E-state index in [-0.39, 0.29) is 5.92 Å². The number of pyridine rings is 1. The number of nitrogens with zero attached hydrogens (tertiary/aromatic N) is 5. The van der Waals surface area contributed by atoms with Gasteiger partial charge in [0.2, 0.25) is 5.88 Å². The van der Waals surface area contributed by atoms with Crippen LogP contribution >= 0.6 is 0 Å². The highest BCUT2D eigenvalue weighted by molar-refractivity contribution is 5.91. The number of benzene rings is 3. The molecule has 7 rings (SSSR count). The molecule has 1 aliphatic heterocycles. The van der Waals surface area contributed by atoms with Gasteiger partial charge in [0.25, 0.3) is 0 Å². The molecule has 0 fully saturated rings. The lowest BCUT2D eigenvalue weighted by Crippen LogP contribution is -2.15. The van der Waals surface area contributed by atoms with E-state index in [1.54, 1.807) is 17.0 Å². The normalized spacial score (nSPS) is 14.5. The third kappa shape index (κ3) is 2.77. The van der Waals surface area contributed by atoms with Crippen molar-refractivity contribution in [3.8, 4) is 23.0 Å². The fourth-order valence-corrected chi connectivity index (χ4v) is 4.69. The standard InChI is InChI=1S/C27H18N6O/c28-19-10-7-17(8-11-19)25-31-26-23-22(18-5-3-13-29-14-18)21-12-9-16-4-1-2-6-20(16)24(21)34-27(23)30-15-33(26)32-25/h1-15,22H,28H2/t22-/m0/s1. The number of fused-ring (bicyclic) bond motifs is 6. The second kappa shape index (κ2) is 7.11. The molecular formula is C27H18N6O. The molecule has 3 aromatic carbocycles. The zero-order valence-corrected chi connectivity index (χ0v) is 18.0. The second-order valence-corrected chi connectivity index (χ2v) is 8.32. The van der Waals surface area contributed by atoms with Gasteiger partial charge in [0.1, 0.15) is 12.1 Å². The first-order valence-corrected chi connectivity index (χ1v) is 11.0. The number of ether oxygens (including phenoxy) is 1. The first kappa shape index (κ1) is 18.8. The van der Waals surface area contributed by atoms with Gasteiger partial charge in [-0.3, -0.25) is 4.98 Å². The number of rotatable bonds is 2. The predicted octanol–water partition coefficient (Wildman–Crippen LogP) is 5.21. The lowest BCUT2D eigenvalue weighted by molar-refractivity contribution is 0.437. The van der Waals surface area contributed by atoms with Gasteiger partial charge in [-0.05, 0) is 41.3 Å². The van der Waals surface area contributed by atoms with E-state index in [4.69, 9.17) is 15.5 Å². The van der Waals surface area contributed by atoms with Gasteiger partial charge in [0.05, 0.1) is 5.56 Å². The number of aromatic nitrogens is 5. The quantitative estimate of drug-likeness (QED) is 0.370. The third-order valence-electron chi connectivity index (χ3n) is 6.28. The Morgan fingerprint density at radius 1 is 0.912 bits per heavy atom. The third-order valence-corrected chi connectivity index (χ3v) is 6.28. The summed E-state index contributed by atoms with van der Waals surface area (Å²) in [5.41, 5.74) is 11.1. The molecule has 0 unspecified atom stereocenters. The SMILES string of the molecule is Nc1ccc(-c2nc3c4c(ncn3n2)Oc2c(ccc3ccccc23)[C@@H]4c2cccnc2)cc1. The van der Waals surface area contributed by atoms with Crippen molar-refractivity contribution >= 4 is 22.1 Å². The van der Waals surface area contributed by atoms with Crippen molar-refractivity contribution in [3.63, 3.8) is 0 Å². The molecule has 3 aromatic heterocycles. The summed E-state index contributed by atoms with van der Waals surface area (Å²) in [6, 6.07) is 24.0. The molecule has 7 heteroatoms. The number of hydrogen-bond acceptors (Lipinski definition) is 6. The minimum atomic E-state index is -0.156. The summed E-state index contributed by atoms with van der Waals surface area (Å²) in [6.07, 6.45) is 5.32. The fourth-order valence-electron chi connectivity index (χ4n) is 4.69. The van der Waals surface area contributed by atoms with Gasteiger partial charge >= 0.3 is 0 Å². The average molecular weight is 442 g/mol. The van der Waals surface area contributed by atoms with Crippen molar-refractivity contribution in [2.75, 3.05) is 5.73 Å². The van der Waals surface area contributed by atoms with E-state index in [2.05, 4.69) is 45.4 Å². The Hall–Kier alpha value is -4.78. The van der Waals surface area contributed by atoms with Crippen molar-refractivity contribution in [1.82, 2.24) is 24.6 Å². The molecule has 0 saturated heterocycles. The van der Waals surface area contributed by atoms with Crippen LogP contribution in [0.25, 0.3) is 27.8 Å².